The fourth-order valence-electron chi connectivity index (χ4n) is 2.64. The van der Waals surface area contributed by atoms with Gasteiger partial charge in [-0.2, -0.15) is 0 Å². The van der Waals surface area contributed by atoms with Crippen LogP contribution in [0.25, 0.3) is 0 Å². The van der Waals surface area contributed by atoms with Crippen LogP contribution in [0.15, 0.2) is 0 Å². The molecule has 0 radical (unpaired) electrons. The normalized spacial score (nSPS) is 26.5. The van der Waals surface area contributed by atoms with Gasteiger partial charge in [0.15, 0.2) is 0 Å². The molecule has 0 bridgehead atoms. The van der Waals surface area contributed by atoms with Crippen molar-refractivity contribution in [2.45, 2.75) is 45.4 Å². The van der Waals surface area contributed by atoms with Crippen LogP contribution in [0.4, 0.5) is 0 Å². The maximum atomic E-state index is 4.85. The predicted octanol–water partition coefficient (Wildman–Crippen LogP) is 3.15. The number of hydrogen-bond acceptors (Lipinski definition) is 3. The maximum Gasteiger partial charge on any atom is 0.0972 e. The molecule has 3 heteroatoms. The molecular formula is C13H22N2S. The van der Waals surface area contributed by atoms with Crippen LogP contribution in [-0.2, 0) is 6.42 Å². The number of hydrogen-bond donors (Lipinski definition) is 1. The zero-order chi connectivity index (χ0) is 11.7. The van der Waals surface area contributed by atoms with Gasteiger partial charge in [0.05, 0.1) is 10.7 Å². The Labute approximate surface area is 102 Å². The predicted molar refractivity (Wildman–Crippen MR) is 70.4 cm³/mol. The van der Waals surface area contributed by atoms with E-state index in [-0.39, 0.29) is 0 Å². The number of rotatable bonds is 3. The largest absolute Gasteiger partial charge is 0.319 e. The molecule has 2 nitrogen and oxygen atoms in total. The third-order valence-electron chi connectivity index (χ3n) is 3.42. The zero-order valence-corrected chi connectivity index (χ0v) is 11.5. The molecule has 0 aromatic carbocycles. The Hall–Kier alpha value is -0.410. The molecule has 1 aromatic heterocycles. The topological polar surface area (TPSA) is 24.9 Å². The lowest BCUT2D eigenvalue weighted by atomic mass is 9.86. The number of fused-ring (bicyclic) bond motifs is 1. The van der Waals surface area contributed by atoms with E-state index in [1.54, 1.807) is 4.88 Å². The van der Waals surface area contributed by atoms with Gasteiger partial charge in [-0.25, -0.2) is 4.98 Å². The SMILES string of the molecule is CNCC(C)c1nc2c(s1)C(C)CC(C)C2. The summed E-state index contributed by atoms with van der Waals surface area (Å²) in [4.78, 5) is 6.40. The zero-order valence-electron chi connectivity index (χ0n) is 10.7. The van der Waals surface area contributed by atoms with Crippen LogP contribution >= 0.6 is 11.3 Å². The van der Waals surface area contributed by atoms with E-state index >= 15 is 0 Å². The average Bonchev–Trinajstić information content (AvgIpc) is 2.62. The molecule has 1 aliphatic rings. The summed E-state index contributed by atoms with van der Waals surface area (Å²) in [7, 11) is 2.01. The van der Waals surface area contributed by atoms with Gasteiger partial charge in [-0.1, -0.05) is 20.8 Å². The molecule has 90 valence electrons. The number of aromatic nitrogens is 1. The van der Waals surface area contributed by atoms with E-state index in [4.69, 9.17) is 4.98 Å². The molecule has 0 saturated carbocycles. The van der Waals surface area contributed by atoms with E-state index in [0.717, 1.165) is 12.5 Å². The highest BCUT2D eigenvalue weighted by molar-refractivity contribution is 7.12. The van der Waals surface area contributed by atoms with Gasteiger partial charge in [0, 0.05) is 17.3 Å². The summed E-state index contributed by atoms with van der Waals surface area (Å²) >= 11 is 1.94. The van der Waals surface area contributed by atoms with Crippen molar-refractivity contribution in [1.29, 1.82) is 0 Å². The Bertz CT molecular complexity index is 359. The van der Waals surface area contributed by atoms with Crippen LogP contribution < -0.4 is 5.32 Å². The fourth-order valence-corrected chi connectivity index (χ4v) is 3.85. The van der Waals surface area contributed by atoms with Crippen molar-refractivity contribution >= 4 is 11.3 Å². The molecule has 1 aliphatic carbocycles. The molecular weight excluding hydrogens is 216 g/mol. The molecule has 2 rings (SSSR count). The molecule has 0 amide bonds. The van der Waals surface area contributed by atoms with Crippen molar-refractivity contribution in [3.63, 3.8) is 0 Å². The molecule has 16 heavy (non-hydrogen) atoms. The third-order valence-corrected chi connectivity index (χ3v) is 4.98. The van der Waals surface area contributed by atoms with Crippen molar-refractivity contribution < 1.29 is 0 Å². The van der Waals surface area contributed by atoms with Crippen molar-refractivity contribution in [2.24, 2.45) is 5.92 Å². The van der Waals surface area contributed by atoms with E-state index in [2.05, 4.69) is 26.1 Å². The van der Waals surface area contributed by atoms with Gasteiger partial charge in [-0.3, -0.25) is 0 Å². The quantitative estimate of drug-likeness (QED) is 0.875. The van der Waals surface area contributed by atoms with Gasteiger partial charge in [0.1, 0.15) is 0 Å². The summed E-state index contributed by atoms with van der Waals surface area (Å²) < 4.78 is 0. The highest BCUT2D eigenvalue weighted by Gasteiger charge is 2.26. The summed E-state index contributed by atoms with van der Waals surface area (Å²) in [5.74, 6) is 2.06. The number of likely N-dealkylation sites (N-methyl/N-ethyl adjacent to an activating group) is 1. The van der Waals surface area contributed by atoms with Crippen LogP contribution in [0.1, 0.15) is 54.6 Å². The first-order valence-corrected chi connectivity index (χ1v) is 7.07. The van der Waals surface area contributed by atoms with Gasteiger partial charge in [0.2, 0.25) is 0 Å². The summed E-state index contributed by atoms with van der Waals surface area (Å²) in [6, 6.07) is 0. The summed E-state index contributed by atoms with van der Waals surface area (Å²) in [5.41, 5.74) is 1.38. The molecule has 0 spiro atoms. The van der Waals surface area contributed by atoms with E-state index in [0.29, 0.717) is 11.8 Å². The van der Waals surface area contributed by atoms with Crippen LogP contribution in [0.3, 0.4) is 0 Å². The fraction of sp³-hybridized carbons (Fsp3) is 0.769. The van der Waals surface area contributed by atoms with Crippen molar-refractivity contribution in [3.05, 3.63) is 15.6 Å². The second-order valence-electron chi connectivity index (χ2n) is 5.27. The Morgan fingerprint density at radius 3 is 2.94 bits per heavy atom. The smallest absolute Gasteiger partial charge is 0.0972 e. The minimum atomic E-state index is 0.545. The molecule has 0 saturated heterocycles. The minimum absolute atomic E-state index is 0.545. The van der Waals surface area contributed by atoms with Crippen molar-refractivity contribution in [1.82, 2.24) is 10.3 Å². The standard InChI is InChI=1S/C13H22N2S/c1-8-5-9(2)12-11(6-8)15-13(16-12)10(3)7-14-4/h8-10,14H,5-7H2,1-4H3. The monoisotopic (exact) mass is 238 g/mol. The summed E-state index contributed by atoms with van der Waals surface area (Å²) in [5, 5.41) is 4.55. The average molecular weight is 238 g/mol. The van der Waals surface area contributed by atoms with Gasteiger partial charge < -0.3 is 5.32 Å². The highest BCUT2D eigenvalue weighted by Crippen LogP contribution is 2.39. The van der Waals surface area contributed by atoms with Gasteiger partial charge in [0.25, 0.3) is 0 Å². The molecule has 3 atom stereocenters. The summed E-state index contributed by atoms with van der Waals surface area (Å²) in [6.07, 6.45) is 2.51. The lowest BCUT2D eigenvalue weighted by molar-refractivity contribution is 0.449. The highest BCUT2D eigenvalue weighted by atomic mass is 32.1. The van der Waals surface area contributed by atoms with Crippen molar-refractivity contribution in [2.75, 3.05) is 13.6 Å². The maximum absolute atomic E-state index is 4.85. The number of nitrogens with zero attached hydrogens (tertiary/aromatic N) is 1. The van der Waals surface area contributed by atoms with E-state index in [1.165, 1.54) is 23.5 Å². The first-order valence-electron chi connectivity index (χ1n) is 6.25. The molecule has 1 aromatic rings. The van der Waals surface area contributed by atoms with Gasteiger partial charge in [-0.05, 0) is 31.7 Å². The van der Waals surface area contributed by atoms with Crippen LogP contribution in [0.5, 0.6) is 0 Å². The van der Waals surface area contributed by atoms with Crippen LogP contribution in [0.2, 0.25) is 0 Å². The number of thiazole rings is 1. The number of nitrogens with one attached hydrogen (secondary N) is 1. The summed E-state index contributed by atoms with van der Waals surface area (Å²) in [6.45, 7) is 7.97. The molecule has 0 aliphatic heterocycles. The van der Waals surface area contributed by atoms with E-state index in [1.807, 2.05) is 18.4 Å². The van der Waals surface area contributed by atoms with E-state index in [9.17, 15) is 0 Å². The van der Waals surface area contributed by atoms with E-state index < -0.39 is 0 Å². The Kier molecular flexibility index (Phi) is 3.65. The molecule has 1 heterocycles. The van der Waals surface area contributed by atoms with Crippen molar-refractivity contribution in [3.8, 4) is 0 Å². The second-order valence-corrected chi connectivity index (χ2v) is 6.33. The van der Waals surface area contributed by atoms with Gasteiger partial charge >= 0.3 is 0 Å². The Balaban J connectivity index is 2.22. The molecule has 1 N–H and O–H groups in total. The Morgan fingerprint density at radius 1 is 1.50 bits per heavy atom. The first-order chi connectivity index (χ1) is 7.61. The van der Waals surface area contributed by atoms with Crippen LogP contribution in [-0.4, -0.2) is 18.6 Å². The lowest BCUT2D eigenvalue weighted by Gasteiger charge is -2.22. The van der Waals surface area contributed by atoms with Gasteiger partial charge in [-0.15, -0.1) is 11.3 Å². The van der Waals surface area contributed by atoms with Crippen LogP contribution in [0, 0.1) is 5.92 Å². The Morgan fingerprint density at radius 2 is 2.25 bits per heavy atom. The second kappa shape index (κ2) is 4.84. The first kappa shape index (κ1) is 12.1. The lowest BCUT2D eigenvalue weighted by Crippen LogP contribution is -2.15. The minimum Gasteiger partial charge on any atom is -0.319 e. The molecule has 3 unspecified atom stereocenters. The third kappa shape index (κ3) is 2.30. The molecule has 0 fully saturated rings.